The summed E-state index contributed by atoms with van der Waals surface area (Å²) in [6, 6.07) is 25.1. The van der Waals surface area contributed by atoms with Crippen LogP contribution >= 0.6 is 0 Å². The first-order valence-electron chi connectivity index (χ1n) is 13.7. The maximum Gasteiger partial charge on any atom is 0.344 e. The van der Waals surface area contributed by atoms with Gasteiger partial charge < -0.3 is 18.8 Å². The molecule has 0 amide bonds. The maximum atomic E-state index is 11.5. The molecule has 0 spiro atoms. The lowest BCUT2D eigenvalue weighted by molar-refractivity contribution is -0.145. The Bertz CT molecular complexity index is 1260. The van der Waals surface area contributed by atoms with Crippen molar-refractivity contribution < 1.29 is 19.0 Å². The molecule has 1 fully saturated rings. The van der Waals surface area contributed by atoms with Crippen LogP contribution in [-0.4, -0.2) is 37.0 Å². The first kappa shape index (κ1) is 29.0. The van der Waals surface area contributed by atoms with Crippen LogP contribution in [-0.2, 0) is 20.8 Å². The lowest BCUT2D eigenvalue weighted by Crippen LogP contribution is -2.14. The van der Waals surface area contributed by atoms with E-state index in [1.54, 1.807) is 6.92 Å². The molecule has 1 saturated heterocycles. The number of carbonyl (C=O) groups is 1. The number of esters is 1. The number of hydrogen-bond acceptors (Lipinski definition) is 4. The zero-order valence-electron chi connectivity index (χ0n) is 23.5. The monoisotopic (exact) mass is 515 g/mol. The second kappa shape index (κ2) is 15.0. The Morgan fingerprint density at radius 1 is 0.921 bits per heavy atom. The van der Waals surface area contributed by atoms with Crippen LogP contribution in [0.2, 0.25) is 0 Å². The Labute approximate surface area is 227 Å². The minimum absolute atomic E-state index is 0.0773. The molecule has 4 aromatic rings. The highest BCUT2D eigenvalue weighted by Crippen LogP contribution is 2.34. The quantitative estimate of drug-likeness (QED) is 0.236. The van der Waals surface area contributed by atoms with Crippen LogP contribution < -0.4 is 4.74 Å². The van der Waals surface area contributed by atoms with Crippen LogP contribution in [0.1, 0.15) is 50.3 Å². The fourth-order valence-electron chi connectivity index (χ4n) is 4.50. The summed E-state index contributed by atoms with van der Waals surface area (Å²) in [6.45, 7) is 13.1. The molecule has 5 heteroatoms. The molecule has 0 N–H and O–H groups in total. The number of nitrogens with zero attached hydrogens (tertiary/aromatic N) is 1. The summed E-state index contributed by atoms with van der Waals surface area (Å²) in [6.07, 6.45) is 2.56. The molecule has 0 saturated carbocycles. The summed E-state index contributed by atoms with van der Waals surface area (Å²) in [4.78, 5) is 11.5. The molecule has 5 nitrogen and oxygen atoms in total. The van der Waals surface area contributed by atoms with Gasteiger partial charge in [-0.1, -0.05) is 67.9 Å². The summed E-state index contributed by atoms with van der Waals surface area (Å²) in [5.74, 6) is 0.299. The van der Waals surface area contributed by atoms with Gasteiger partial charge in [0.2, 0.25) is 0 Å². The first-order valence-corrected chi connectivity index (χ1v) is 13.7. The van der Waals surface area contributed by atoms with E-state index in [0.717, 1.165) is 25.3 Å². The van der Waals surface area contributed by atoms with E-state index >= 15 is 0 Å². The molecule has 2 heterocycles. The lowest BCUT2D eigenvalue weighted by atomic mass is 10.1. The predicted octanol–water partition coefficient (Wildman–Crippen LogP) is 7.74. The second-order valence-electron chi connectivity index (χ2n) is 9.00. The number of ether oxygens (including phenoxy) is 3. The third-order valence-electron chi connectivity index (χ3n) is 6.27. The van der Waals surface area contributed by atoms with Crippen molar-refractivity contribution in [2.45, 2.75) is 54.0 Å². The first-order chi connectivity index (χ1) is 18.6. The van der Waals surface area contributed by atoms with Gasteiger partial charge in [-0.15, -0.1) is 0 Å². The van der Waals surface area contributed by atoms with Crippen LogP contribution in [0.4, 0.5) is 0 Å². The van der Waals surface area contributed by atoms with E-state index < -0.39 is 0 Å². The van der Waals surface area contributed by atoms with E-state index in [0.29, 0.717) is 12.4 Å². The van der Waals surface area contributed by atoms with Crippen LogP contribution in [0.25, 0.3) is 22.2 Å². The average molecular weight is 516 g/mol. The number of benzene rings is 3. The molecule has 5 rings (SSSR count). The van der Waals surface area contributed by atoms with Crippen molar-refractivity contribution in [1.82, 2.24) is 4.57 Å². The largest absolute Gasteiger partial charge is 0.482 e. The highest BCUT2D eigenvalue weighted by molar-refractivity contribution is 5.92. The summed E-state index contributed by atoms with van der Waals surface area (Å²) >= 11 is 0. The van der Waals surface area contributed by atoms with Crippen LogP contribution in [0.3, 0.4) is 0 Å². The van der Waals surface area contributed by atoms with Gasteiger partial charge in [-0.05, 0) is 74.6 Å². The molecule has 0 aliphatic carbocycles. The van der Waals surface area contributed by atoms with Crippen molar-refractivity contribution in [1.29, 1.82) is 0 Å². The smallest absolute Gasteiger partial charge is 0.344 e. The molecule has 3 aromatic carbocycles. The number of fused-ring (bicyclic) bond motifs is 1. The minimum Gasteiger partial charge on any atom is -0.482 e. The van der Waals surface area contributed by atoms with Gasteiger partial charge in [0.05, 0.1) is 12.3 Å². The lowest BCUT2D eigenvalue weighted by Gasteiger charge is -2.13. The highest BCUT2D eigenvalue weighted by atomic mass is 16.6. The van der Waals surface area contributed by atoms with Gasteiger partial charge in [-0.2, -0.15) is 0 Å². The summed E-state index contributed by atoms with van der Waals surface area (Å²) in [5.41, 5.74) is 7.39. The molecule has 0 bridgehead atoms. The Morgan fingerprint density at radius 3 is 2.21 bits per heavy atom. The van der Waals surface area contributed by atoms with E-state index in [2.05, 4.69) is 60.9 Å². The molecule has 0 unspecified atom stereocenters. The van der Waals surface area contributed by atoms with Crippen molar-refractivity contribution in [3.8, 4) is 17.0 Å². The predicted molar refractivity (Wildman–Crippen MR) is 156 cm³/mol. The van der Waals surface area contributed by atoms with Crippen molar-refractivity contribution in [2.24, 2.45) is 0 Å². The summed E-state index contributed by atoms with van der Waals surface area (Å²) in [7, 11) is 0. The molecular formula is C33H41NO4. The van der Waals surface area contributed by atoms with E-state index in [1.807, 2.05) is 44.2 Å². The highest BCUT2D eigenvalue weighted by Gasteiger charge is 2.16. The Balaban J connectivity index is 0.000000504. The average Bonchev–Trinajstić information content (AvgIpc) is 3.62. The molecule has 1 aromatic heterocycles. The zero-order valence-corrected chi connectivity index (χ0v) is 23.5. The number of hydrogen-bond donors (Lipinski definition) is 0. The Kier molecular flexibility index (Phi) is 11.4. The maximum absolute atomic E-state index is 11.5. The van der Waals surface area contributed by atoms with Crippen LogP contribution in [0.5, 0.6) is 5.75 Å². The van der Waals surface area contributed by atoms with Crippen LogP contribution in [0.15, 0.2) is 72.8 Å². The van der Waals surface area contributed by atoms with Gasteiger partial charge >= 0.3 is 5.97 Å². The molecule has 38 heavy (non-hydrogen) atoms. The molecular weight excluding hydrogens is 474 g/mol. The fourth-order valence-corrected chi connectivity index (χ4v) is 4.50. The summed E-state index contributed by atoms with van der Waals surface area (Å²) in [5, 5.41) is 1.29. The zero-order chi connectivity index (χ0) is 27.3. The fraction of sp³-hybridized carbons (Fsp3) is 0.364. The van der Waals surface area contributed by atoms with E-state index in [9.17, 15) is 4.79 Å². The molecule has 202 valence electrons. The normalized spacial score (nSPS) is 12.2. The Hall–Kier alpha value is -3.57. The SMILES string of the molecule is C1CCOC1.CC.CCOC(=O)COc1ccc(Cn2c(-c3ccccc3)c(C)c3cc(C)ccc32)cc1. The minimum atomic E-state index is -0.358. The van der Waals surface area contributed by atoms with Gasteiger partial charge in [0, 0.05) is 30.7 Å². The van der Waals surface area contributed by atoms with Crippen molar-refractivity contribution in [3.05, 3.63) is 89.5 Å². The molecule has 1 aliphatic rings. The van der Waals surface area contributed by atoms with Gasteiger partial charge in [-0.3, -0.25) is 0 Å². The van der Waals surface area contributed by atoms with E-state index in [-0.39, 0.29) is 12.6 Å². The number of carbonyl (C=O) groups excluding carboxylic acids is 1. The van der Waals surface area contributed by atoms with Crippen molar-refractivity contribution in [3.63, 3.8) is 0 Å². The third kappa shape index (κ3) is 7.72. The van der Waals surface area contributed by atoms with Crippen molar-refractivity contribution in [2.75, 3.05) is 26.4 Å². The van der Waals surface area contributed by atoms with E-state index in [1.165, 1.54) is 46.1 Å². The van der Waals surface area contributed by atoms with Gasteiger partial charge in [-0.25, -0.2) is 4.79 Å². The second-order valence-corrected chi connectivity index (χ2v) is 9.00. The van der Waals surface area contributed by atoms with Gasteiger partial charge in [0.1, 0.15) is 5.75 Å². The number of aryl methyl sites for hydroxylation is 2. The standard InChI is InChI=1S/C27H27NO3.C4H8O.C2H6/c1-4-30-26(29)18-31-23-13-11-21(12-14-23)17-28-25-15-10-19(2)16-24(25)20(3)27(28)22-8-6-5-7-9-22;1-2-4-5-3-1;1-2/h5-16H,4,17-18H2,1-3H3;1-4H2;1-2H3. The molecule has 0 atom stereocenters. The van der Waals surface area contributed by atoms with Crippen molar-refractivity contribution >= 4 is 16.9 Å². The number of aromatic nitrogens is 1. The molecule has 1 aliphatic heterocycles. The van der Waals surface area contributed by atoms with E-state index in [4.69, 9.17) is 14.2 Å². The summed E-state index contributed by atoms with van der Waals surface area (Å²) < 4.78 is 17.8. The number of rotatable bonds is 7. The van der Waals surface area contributed by atoms with Crippen LogP contribution in [0, 0.1) is 13.8 Å². The van der Waals surface area contributed by atoms with Gasteiger partial charge in [0.25, 0.3) is 0 Å². The third-order valence-corrected chi connectivity index (χ3v) is 6.27. The van der Waals surface area contributed by atoms with Gasteiger partial charge in [0.15, 0.2) is 6.61 Å². The Morgan fingerprint density at radius 2 is 1.61 bits per heavy atom. The topological polar surface area (TPSA) is 49.7 Å². The molecule has 0 radical (unpaired) electrons.